The topological polar surface area (TPSA) is 55.4 Å². The van der Waals surface area contributed by atoms with E-state index in [1.54, 1.807) is 36.4 Å². The molecule has 0 aromatic heterocycles. The van der Waals surface area contributed by atoms with Crippen LogP contribution >= 0.6 is 15.9 Å². The maximum Gasteiger partial charge on any atom is 0.411 e. The summed E-state index contributed by atoms with van der Waals surface area (Å²) in [6.45, 7) is 0.447. The summed E-state index contributed by atoms with van der Waals surface area (Å²) >= 11 is 3.24. The second kappa shape index (κ2) is 8.51. The Labute approximate surface area is 158 Å². The minimum absolute atomic E-state index is 0.0618. The summed E-state index contributed by atoms with van der Waals surface area (Å²) < 4.78 is 68.4. The lowest BCUT2D eigenvalue weighted by Gasteiger charge is -2.10. The molecule has 0 spiro atoms. The highest BCUT2D eigenvalue weighted by molar-refractivity contribution is 9.10. The Bertz CT molecular complexity index is 853. The van der Waals surface area contributed by atoms with Gasteiger partial charge in [0.05, 0.1) is 11.5 Å². The summed E-state index contributed by atoms with van der Waals surface area (Å²) in [7, 11) is -3.69. The molecule has 142 valence electrons. The molecule has 0 saturated heterocycles. The van der Waals surface area contributed by atoms with Gasteiger partial charge in [-0.3, -0.25) is 0 Å². The summed E-state index contributed by atoms with van der Waals surface area (Å²) in [5.74, 6) is 0. The van der Waals surface area contributed by atoms with Gasteiger partial charge < -0.3 is 4.74 Å². The fourth-order valence-electron chi connectivity index (χ4n) is 2.12. The van der Waals surface area contributed by atoms with Crippen molar-refractivity contribution < 1.29 is 26.3 Å². The Morgan fingerprint density at radius 1 is 1.08 bits per heavy atom. The number of sulfonamides is 1. The molecule has 1 N–H and O–H groups in total. The van der Waals surface area contributed by atoms with Crippen LogP contribution in [0.3, 0.4) is 0 Å². The zero-order valence-corrected chi connectivity index (χ0v) is 16.2. The molecule has 0 radical (unpaired) electrons. The zero-order valence-electron chi connectivity index (χ0n) is 13.8. The van der Waals surface area contributed by atoms with Gasteiger partial charge in [0.25, 0.3) is 0 Å². The Morgan fingerprint density at radius 3 is 2.27 bits per heavy atom. The van der Waals surface area contributed by atoms with Crippen LogP contribution in [0.4, 0.5) is 13.2 Å². The van der Waals surface area contributed by atoms with Gasteiger partial charge in [-0.05, 0) is 51.7 Å². The van der Waals surface area contributed by atoms with Gasteiger partial charge in [0, 0.05) is 11.0 Å². The average Bonchev–Trinajstić information content (AvgIpc) is 2.52. The third kappa shape index (κ3) is 6.39. The number of rotatable bonds is 7. The molecule has 4 nitrogen and oxygen atoms in total. The van der Waals surface area contributed by atoms with Crippen LogP contribution in [0.2, 0.25) is 0 Å². The lowest BCUT2D eigenvalue weighted by Crippen LogP contribution is -2.23. The number of halogens is 4. The van der Waals surface area contributed by atoms with E-state index in [1.807, 2.05) is 6.92 Å². The van der Waals surface area contributed by atoms with E-state index in [9.17, 15) is 21.6 Å². The largest absolute Gasteiger partial charge is 0.411 e. The molecule has 2 aromatic rings. The van der Waals surface area contributed by atoms with E-state index >= 15 is 0 Å². The van der Waals surface area contributed by atoms with E-state index < -0.39 is 22.8 Å². The van der Waals surface area contributed by atoms with Gasteiger partial charge in [-0.15, -0.1) is 0 Å². The lowest BCUT2D eigenvalue weighted by molar-refractivity contribution is -0.176. The Hall–Kier alpha value is -1.42. The maximum atomic E-state index is 12.4. The summed E-state index contributed by atoms with van der Waals surface area (Å²) in [6, 6.07) is 11.4. The first-order valence-corrected chi connectivity index (χ1v) is 9.82. The molecule has 0 amide bonds. The molecular weight excluding hydrogens is 435 g/mol. The van der Waals surface area contributed by atoms with Crippen LogP contribution in [0.15, 0.2) is 51.8 Å². The zero-order chi connectivity index (χ0) is 19.4. The second-order valence-corrected chi connectivity index (χ2v) is 8.27. The Balaban J connectivity index is 1.94. The van der Waals surface area contributed by atoms with Crippen LogP contribution in [0, 0.1) is 6.92 Å². The highest BCUT2D eigenvalue weighted by atomic mass is 79.9. The molecule has 0 fully saturated rings. The normalized spacial score (nSPS) is 12.3. The SMILES string of the molecule is Cc1ccc(S(=O)(=O)NCc2ccc(COCC(F)(F)F)cc2)c(Br)c1. The predicted octanol–water partition coefficient (Wildman–Crippen LogP) is 4.31. The van der Waals surface area contributed by atoms with Gasteiger partial charge >= 0.3 is 6.18 Å². The summed E-state index contributed by atoms with van der Waals surface area (Å²) in [4.78, 5) is 0.139. The van der Waals surface area contributed by atoms with Crippen molar-refractivity contribution in [2.45, 2.75) is 31.1 Å². The quantitative estimate of drug-likeness (QED) is 0.681. The fraction of sp³-hybridized carbons (Fsp3) is 0.294. The van der Waals surface area contributed by atoms with Crippen molar-refractivity contribution in [2.24, 2.45) is 0 Å². The van der Waals surface area contributed by atoms with Gasteiger partial charge in [0.15, 0.2) is 0 Å². The third-order valence-corrected chi connectivity index (χ3v) is 5.78. The van der Waals surface area contributed by atoms with E-state index in [4.69, 9.17) is 0 Å². The molecular formula is C17H17BrF3NO3S. The number of benzene rings is 2. The third-order valence-electron chi connectivity index (χ3n) is 3.40. The van der Waals surface area contributed by atoms with Crippen LogP contribution in [0.25, 0.3) is 0 Å². The molecule has 0 aliphatic carbocycles. The molecule has 0 aliphatic rings. The number of ether oxygens (including phenoxy) is 1. The Kier molecular flexibility index (Phi) is 6.84. The van der Waals surface area contributed by atoms with E-state index in [1.165, 1.54) is 6.07 Å². The highest BCUT2D eigenvalue weighted by Crippen LogP contribution is 2.23. The molecule has 0 bridgehead atoms. The van der Waals surface area contributed by atoms with Gasteiger partial charge in [0.2, 0.25) is 10.0 Å². The number of hydrogen-bond acceptors (Lipinski definition) is 3. The smallest absolute Gasteiger partial charge is 0.367 e. The van der Waals surface area contributed by atoms with Gasteiger partial charge in [-0.2, -0.15) is 13.2 Å². The predicted molar refractivity (Wildman–Crippen MR) is 95.1 cm³/mol. The number of nitrogens with one attached hydrogen (secondary N) is 1. The molecule has 0 atom stereocenters. The molecule has 26 heavy (non-hydrogen) atoms. The molecule has 0 heterocycles. The second-order valence-electron chi connectivity index (χ2n) is 5.68. The van der Waals surface area contributed by atoms with E-state index in [0.29, 0.717) is 15.6 Å². The van der Waals surface area contributed by atoms with Crippen molar-refractivity contribution in [3.8, 4) is 0 Å². The average molecular weight is 452 g/mol. The minimum Gasteiger partial charge on any atom is -0.367 e. The van der Waals surface area contributed by atoms with Crippen molar-refractivity contribution in [1.29, 1.82) is 0 Å². The van der Waals surface area contributed by atoms with Crippen molar-refractivity contribution in [2.75, 3.05) is 6.61 Å². The van der Waals surface area contributed by atoms with Crippen LogP contribution in [-0.2, 0) is 27.9 Å². The highest BCUT2D eigenvalue weighted by Gasteiger charge is 2.27. The molecule has 2 rings (SSSR count). The summed E-state index contributed by atoms with van der Waals surface area (Å²) in [6.07, 6.45) is -4.36. The molecule has 0 aliphatic heterocycles. The first-order chi connectivity index (χ1) is 12.1. The fourth-order valence-corrected chi connectivity index (χ4v) is 4.33. The van der Waals surface area contributed by atoms with Crippen molar-refractivity contribution >= 4 is 26.0 Å². The van der Waals surface area contributed by atoms with Crippen LogP contribution in [-0.4, -0.2) is 21.2 Å². The Morgan fingerprint density at radius 2 is 1.69 bits per heavy atom. The maximum absolute atomic E-state index is 12.4. The van der Waals surface area contributed by atoms with Crippen LogP contribution in [0.1, 0.15) is 16.7 Å². The van der Waals surface area contributed by atoms with Gasteiger partial charge in [-0.1, -0.05) is 30.3 Å². The number of aryl methyl sites for hydroxylation is 1. The lowest BCUT2D eigenvalue weighted by atomic mass is 10.1. The molecule has 0 unspecified atom stereocenters. The van der Waals surface area contributed by atoms with Crippen molar-refractivity contribution in [1.82, 2.24) is 4.72 Å². The van der Waals surface area contributed by atoms with E-state index in [-0.39, 0.29) is 18.0 Å². The summed E-state index contributed by atoms with van der Waals surface area (Å²) in [5, 5.41) is 0. The van der Waals surface area contributed by atoms with Crippen molar-refractivity contribution in [3.63, 3.8) is 0 Å². The molecule has 9 heteroatoms. The summed E-state index contributed by atoms with van der Waals surface area (Å²) in [5.41, 5.74) is 2.18. The first kappa shape index (κ1) is 20.9. The van der Waals surface area contributed by atoms with Gasteiger partial charge in [-0.25, -0.2) is 13.1 Å². The van der Waals surface area contributed by atoms with E-state index in [0.717, 1.165) is 5.56 Å². The van der Waals surface area contributed by atoms with Crippen LogP contribution in [0.5, 0.6) is 0 Å². The van der Waals surface area contributed by atoms with Crippen molar-refractivity contribution in [3.05, 3.63) is 63.6 Å². The monoisotopic (exact) mass is 451 g/mol. The van der Waals surface area contributed by atoms with E-state index in [2.05, 4.69) is 25.4 Å². The molecule has 0 saturated carbocycles. The first-order valence-electron chi connectivity index (χ1n) is 7.55. The van der Waals surface area contributed by atoms with Gasteiger partial charge in [0.1, 0.15) is 6.61 Å². The van der Waals surface area contributed by atoms with Crippen LogP contribution < -0.4 is 4.72 Å². The minimum atomic E-state index is -4.36. The standard InChI is InChI=1S/C17H17BrF3NO3S/c1-12-2-7-16(15(18)8-12)26(23,24)22-9-13-3-5-14(6-4-13)10-25-11-17(19,20)21/h2-8,22H,9-11H2,1H3. The number of alkyl halides is 3. The molecule has 2 aromatic carbocycles. The number of hydrogen-bond donors (Lipinski definition) is 1.